The molecule has 140 valence electrons. The van der Waals surface area contributed by atoms with Gasteiger partial charge in [-0.2, -0.15) is 13.2 Å². The summed E-state index contributed by atoms with van der Waals surface area (Å²) in [5, 5.41) is 7.95. The highest BCUT2D eigenvalue weighted by atomic mass is 35.5. The summed E-state index contributed by atoms with van der Waals surface area (Å²) < 4.78 is 43.5. The van der Waals surface area contributed by atoms with Gasteiger partial charge in [-0.3, -0.25) is 0 Å². The second-order valence-corrected chi connectivity index (χ2v) is 6.83. The molecule has 0 amide bonds. The van der Waals surface area contributed by atoms with Crippen LogP contribution in [0.2, 0.25) is 10.0 Å². The van der Waals surface area contributed by atoms with E-state index in [0.717, 1.165) is 24.5 Å². The number of halogens is 5. The summed E-state index contributed by atoms with van der Waals surface area (Å²) in [6.45, 7) is 1.72. The van der Waals surface area contributed by atoms with Crippen molar-refractivity contribution in [3.05, 3.63) is 51.6 Å². The third kappa shape index (κ3) is 4.78. The standard InChI is InChI=1S/C17H16Cl2F3N3O/c18-13-2-1-11(9-14(13)19)10-26-12-5-7-25(8-6-12)16-4-3-15(23-24-16)17(20,21)22/h1-4,9,12H,5-8,10H2. The summed E-state index contributed by atoms with van der Waals surface area (Å²) in [5.41, 5.74) is -0.0449. The van der Waals surface area contributed by atoms with E-state index in [2.05, 4.69) is 10.2 Å². The average molecular weight is 406 g/mol. The molecule has 1 aliphatic heterocycles. The van der Waals surface area contributed by atoms with Crippen molar-refractivity contribution in [2.75, 3.05) is 18.0 Å². The summed E-state index contributed by atoms with van der Waals surface area (Å²) in [6, 6.07) is 7.67. The molecule has 4 nitrogen and oxygen atoms in total. The lowest BCUT2D eigenvalue weighted by Crippen LogP contribution is -2.37. The van der Waals surface area contributed by atoms with Gasteiger partial charge in [-0.15, -0.1) is 10.2 Å². The van der Waals surface area contributed by atoms with Gasteiger partial charge in [-0.25, -0.2) is 0 Å². The second-order valence-electron chi connectivity index (χ2n) is 6.02. The lowest BCUT2D eigenvalue weighted by atomic mass is 10.1. The molecule has 1 saturated heterocycles. The van der Waals surface area contributed by atoms with Gasteiger partial charge in [0.15, 0.2) is 11.5 Å². The number of benzene rings is 1. The third-order valence-corrected chi connectivity index (χ3v) is 4.92. The van der Waals surface area contributed by atoms with Crippen molar-refractivity contribution in [2.24, 2.45) is 0 Å². The van der Waals surface area contributed by atoms with Crippen LogP contribution in [-0.4, -0.2) is 29.4 Å². The molecule has 0 N–H and O–H groups in total. The molecule has 1 aromatic carbocycles. The zero-order chi connectivity index (χ0) is 18.7. The van der Waals surface area contributed by atoms with Crippen LogP contribution >= 0.6 is 23.2 Å². The molecule has 0 unspecified atom stereocenters. The first-order valence-corrected chi connectivity index (χ1v) is 8.80. The van der Waals surface area contributed by atoms with Crippen LogP contribution in [0.4, 0.5) is 19.0 Å². The van der Waals surface area contributed by atoms with Crippen LogP contribution in [0, 0.1) is 0 Å². The van der Waals surface area contributed by atoms with E-state index in [4.69, 9.17) is 27.9 Å². The van der Waals surface area contributed by atoms with Crippen LogP contribution < -0.4 is 4.90 Å². The van der Waals surface area contributed by atoms with E-state index in [-0.39, 0.29) is 6.10 Å². The Labute approximate surface area is 158 Å². The van der Waals surface area contributed by atoms with Crippen molar-refractivity contribution < 1.29 is 17.9 Å². The molecule has 0 spiro atoms. The number of ether oxygens (including phenoxy) is 1. The second kappa shape index (κ2) is 7.98. The predicted octanol–water partition coefficient (Wildman–Crippen LogP) is 4.99. The summed E-state index contributed by atoms with van der Waals surface area (Å²) in [7, 11) is 0. The number of alkyl halides is 3. The molecule has 0 radical (unpaired) electrons. The van der Waals surface area contributed by atoms with Crippen LogP contribution in [0.5, 0.6) is 0 Å². The molecule has 1 aliphatic rings. The molecule has 2 aromatic rings. The van der Waals surface area contributed by atoms with Crippen LogP contribution in [-0.2, 0) is 17.5 Å². The fourth-order valence-electron chi connectivity index (χ4n) is 2.74. The summed E-state index contributed by atoms with van der Waals surface area (Å²) in [5.74, 6) is 0.445. The summed E-state index contributed by atoms with van der Waals surface area (Å²) in [4.78, 5) is 1.91. The fraction of sp³-hybridized carbons (Fsp3) is 0.412. The molecule has 3 rings (SSSR count). The Balaban J connectivity index is 1.50. The van der Waals surface area contributed by atoms with Crippen molar-refractivity contribution >= 4 is 29.0 Å². The highest BCUT2D eigenvalue weighted by Gasteiger charge is 2.33. The topological polar surface area (TPSA) is 38.2 Å². The molecule has 26 heavy (non-hydrogen) atoms. The van der Waals surface area contributed by atoms with Gasteiger partial charge in [0.25, 0.3) is 0 Å². The SMILES string of the molecule is FC(F)(F)c1ccc(N2CCC(OCc3ccc(Cl)c(Cl)c3)CC2)nn1. The van der Waals surface area contributed by atoms with Crippen molar-refractivity contribution in [3.63, 3.8) is 0 Å². The molecule has 0 atom stereocenters. The summed E-state index contributed by atoms with van der Waals surface area (Å²) >= 11 is 11.9. The van der Waals surface area contributed by atoms with E-state index in [0.29, 0.717) is 35.6 Å². The first-order chi connectivity index (χ1) is 12.3. The zero-order valence-electron chi connectivity index (χ0n) is 13.6. The normalized spacial score (nSPS) is 16.1. The van der Waals surface area contributed by atoms with E-state index >= 15 is 0 Å². The molecule has 2 heterocycles. The smallest absolute Gasteiger partial charge is 0.373 e. The van der Waals surface area contributed by atoms with E-state index in [1.807, 2.05) is 11.0 Å². The van der Waals surface area contributed by atoms with Crippen LogP contribution in [0.25, 0.3) is 0 Å². The number of rotatable bonds is 4. The highest BCUT2D eigenvalue weighted by molar-refractivity contribution is 6.42. The molecular formula is C17H16Cl2F3N3O. The fourth-order valence-corrected chi connectivity index (χ4v) is 3.06. The van der Waals surface area contributed by atoms with Crippen molar-refractivity contribution in [1.29, 1.82) is 0 Å². The molecule has 0 bridgehead atoms. The zero-order valence-corrected chi connectivity index (χ0v) is 15.2. The lowest BCUT2D eigenvalue weighted by Gasteiger charge is -2.32. The number of aromatic nitrogens is 2. The van der Waals surface area contributed by atoms with Crippen LogP contribution in [0.1, 0.15) is 24.1 Å². The van der Waals surface area contributed by atoms with Crippen LogP contribution in [0.15, 0.2) is 30.3 Å². The molecule has 9 heteroatoms. The number of piperidine rings is 1. The molecule has 1 aromatic heterocycles. The average Bonchev–Trinajstić information content (AvgIpc) is 2.62. The Kier molecular flexibility index (Phi) is 5.89. The van der Waals surface area contributed by atoms with Gasteiger partial charge in [-0.1, -0.05) is 29.3 Å². The Morgan fingerprint density at radius 3 is 2.35 bits per heavy atom. The minimum Gasteiger partial charge on any atom is -0.373 e. The van der Waals surface area contributed by atoms with Crippen LogP contribution in [0.3, 0.4) is 0 Å². The predicted molar refractivity (Wildman–Crippen MR) is 93.5 cm³/mol. The third-order valence-electron chi connectivity index (χ3n) is 4.18. The largest absolute Gasteiger partial charge is 0.435 e. The van der Waals surface area contributed by atoms with Crippen molar-refractivity contribution in [1.82, 2.24) is 10.2 Å². The Morgan fingerprint density at radius 1 is 1.04 bits per heavy atom. The summed E-state index contributed by atoms with van der Waals surface area (Å²) in [6.07, 6.45) is -2.89. The highest BCUT2D eigenvalue weighted by Crippen LogP contribution is 2.28. The van der Waals surface area contributed by atoms with Gasteiger partial charge in [0, 0.05) is 13.1 Å². The Hall–Kier alpha value is -1.57. The minimum absolute atomic E-state index is 0.0723. The maximum Gasteiger partial charge on any atom is 0.435 e. The first-order valence-electron chi connectivity index (χ1n) is 8.04. The van der Waals surface area contributed by atoms with Gasteiger partial charge in [0.2, 0.25) is 0 Å². The van der Waals surface area contributed by atoms with E-state index in [1.54, 1.807) is 12.1 Å². The maximum atomic E-state index is 12.5. The monoisotopic (exact) mass is 405 g/mol. The van der Waals surface area contributed by atoms with Gasteiger partial charge in [0.1, 0.15) is 0 Å². The van der Waals surface area contributed by atoms with Crippen molar-refractivity contribution in [3.8, 4) is 0 Å². The van der Waals surface area contributed by atoms with E-state index in [1.165, 1.54) is 6.07 Å². The minimum atomic E-state index is -4.48. The van der Waals surface area contributed by atoms with Crippen molar-refractivity contribution in [2.45, 2.75) is 31.7 Å². The number of hydrogen-bond acceptors (Lipinski definition) is 4. The molecular weight excluding hydrogens is 390 g/mol. The Morgan fingerprint density at radius 2 is 1.77 bits per heavy atom. The van der Waals surface area contributed by atoms with Gasteiger partial charge in [0.05, 0.1) is 22.8 Å². The molecule has 1 fully saturated rings. The van der Waals surface area contributed by atoms with Gasteiger partial charge in [-0.05, 0) is 42.7 Å². The Bertz CT molecular complexity index is 748. The molecule has 0 saturated carbocycles. The first kappa shape index (κ1) is 19.2. The number of hydrogen-bond donors (Lipinski definition) is 0. The van der Waals surface area contributed by atoms with Gasteiger partial charge < -0.3 is 9.64 Å². The number of anilines is 1. The number of nitrogens with zero attached hydrogens (tertiary/aromatic N) is 3. The molecule has 0 aliphatic carbocycles. The van der Waals surface area contributed by atoms with Gasteiger partial charge >= 0.3 is 6.18 Å². The van der Waals surface area contributed by atoms with E-state index < -0.39 is 11.9 Å². The lowest BCUT2D eigenvalue weighted by molar-refractivity contribution is -0.141. The van der Waals surface area contributed by atoms with E-state index in [9.17, 15) is 13.2 Å². The maximum absolute atomic E-state index is 12.5. The quantitative estimate of drug-likeness (QED) is 0.718.